The molecule has 1 aliphatic heterocycles. The number of nitrogens with zero attached hydrogens (tertiary/aromatic N) is 2. The third-order valence-electron chi connectivity index (χ3n) is 3.09. The van der Waals surface area contributed by atoms with Crippen LogP contribution in [0.15, 0.2) is 0 Å². The van der Waals surface area contributed by atoms with E-state index in [2.05, 4.69) is 0 Å². The minimum absolute atomic E-state index is 0.0143. The number of β-amino-alcohol motifs (C(OH)–C–C–N with tert-alkyl or cyclic N) is 1. The molecule has 2 N–H and O–H groups in total. The molecule has 2 atom stereocenters. The fourth-order valence-electron chi connectivity index (χ4n) is 2.07. The maximum absolute atomic E-state index is 12.1. The molecule has 0 saturated carbocycles. The number of hydrogen-bond acceptors (Lipinski definition) is 5. The second-order valence-corrected chi connectivity index (χ2v) is 4.66. The van der Waals surface area contributed by atoms with E-state index in [4.69, 9.17) is 9.84 Å². The van der Waals surface area contributed by atoms with Gasteiger partial charge in [-0.1, -0.05) is 0 Å². The van der Waals surface area contributed by atoms with E-state index < -0.39 is 30.1 Å². The Labute approximate surface area is 116 Å². The molecule has 1 rings (SSSR count). The van der Waals surface area contributed by atoms with Crippen LogP contribution in [0.3, 0.4) is 0 Å². The zero-order valence-electron chi connectivity index (χ0n) is 11.6. The second kappa shape index (κ2) is 7.09. The molecule has 0 aliphatic carbocycles. The van der Waals surface area contributed by atoms with Gasteiger partial charge in [-0.05, 0) is 6.92 Å². The first-order chi connectivity index (χ1) is 9.36. The van der Waals surface area contributed by atoms with Gasteiger partial charge in [0.2, 0.25) is 0 Å². The van der Waals surface area contributed by atoms with Crippen LogP contribution in [0.4, 0.5) is 4.79 Å². The van der Waals surface area contributed by atoms with Crippen LogP contribution in [0.25, 0.3) is 0 Å². The zero-order valence-corrected chi connectivity index (χ0v) is 11.6. The molecule has 20 heavy (non-hydrogen) atoms. The van der Waals surface area contributed by atoms with Gasteiger partial charge in [-0.3, -0.25) is 4.79 Å². The predicted octanol–water partition coefficient (Wildman–Crippen LogP) is -0.489. The van der Waals surface area contributed by atoms with Gasteiger partial charge in [-0.2, -0.15) is 0 Å². The minimum atomic E-state index is -1.14. The first-order valence-corrected chi connectivity index (χ1v) is 6.45. The van der Waals surface area contributed by atoms with Crippen molar-refractivity contribution in [1.82, 2.24) is 9.80 Å². The molecular weight excluding hydrogens is 268 g/mol. The summed E-state index contributed by atoms with van der Waals surface area (Å²) in [6.45, 7) is 2.09. The summed E-state index contributed by atoms with van der Waals surface area (Å²) in [5.41, 5.74) is 0. The molecule has 0 spiro atoms. The van der Waals surface area contributed by atoms with Crippen LogP contribution in [0.5, 0.6) is 0 Å². The topological polar surface area (TPSA) is 107 Å². The number of esters is 1. The summed E-state index contributed by atoms with van der Waals surface area (Å²) in [6.07, 6.45) is -0.768. The van der Waals surface area contributed by atoms with E-state index in [9.17, 15) is 19.5 Å². The quantitative estimate of drug-likeness (QED) is 0.661. The van der Waals surface area contributed by atoms with Crippen LogP contribution in [-0.2, 0) is 14.3 Å². The van der Waals surface area contributed by atoms with Gasteiger partial charge in [-0.25, -0.2) is 9.59 Å². The largest absolute Gasteiger partial charge is 0.480 e. The van der Waals surface area contributed by atoms with Gasteiger partial charge in [0.05, 0.1) is 19.1 Å². The number of aliphatic hydroxyl groups excluding tert-OH is 1. The molecule has 0 aromatic carbocycles. The number of rotatable bonds is 5. The highest BCUT2D eigenvalue weighted by Gasteiger charge is 2.40. The molecule has 0 aromatic heterocycles. The number of carboxylic acid groups (broad SMARTS) is 1. The van der Waals surface area contributed by atoms with Gasteiger partial charge in [0, 0.05) is 26.6 Å². The molecule has 0 radical (unpaired) electrons. The fraction of sp³-hybridized carbons (Fsp3) is 0.750. The summed E-state index contributed by atoms with van der Waals surface area (Å²) >= 11 is 0. The Balaban J connectivity index is 2.55. The Bertz CT molecular complexity index is 386. The standard InChI is InChI=1S/C12H20N2O6/c1-3-20-10(16)4-5-13(2)12(19)14-7-8(15)6-9(14)11(17)18/h8-9,15H,3-7H2,1-2H3,(H,17,18)/t8-,9-/m0/s1. The van der Waals surface area contributed by atoms with Crippen LogP contribution in [0.2, 0.25) is 0 Å². The molecule has 0 bridgehead atoms. The van der Waals surface area contributed by atoms with E-state index in [-0.39, 0.29) is 32.5 Å². The number of ether oxygens (including phenoxy) is 1. The molecule has 0 unspecified atom stereocenters. The number of urea groups is 1. The summed E-state index contributed by atoms with van der Waals surface area (Å²) in [7, 11) is 1.48. The highest BCUT2D eigenvalue weighted by molar-refractivity contribution is 5.83. The number of carbonyl (C=O) groups excluding carboxylic acids is 2. The van der Waals surface area contributed by atoms with Crippen molar-refractivity contribution < 1.29 is 29.3 Å². The van der Waals surface area contributed by atoms with Crippen molar-refractivity contribution in [3.8, 4) is 0 Å². The first-order valence-electron chi connectivity index (χ1n) is 6.45. The molecule has 114 valence electrons. The van der Waals surface area contributed by atoms with Crippen molar-refractivity contribution in [3.63, 3.8) is 0 Å². The molecule has 1 aliphatic rings. The fourth-order valence-corrected chi connectivity index (χ4v) is 2.07. The lowest BCUT2D eigenvalue weighted by Gasteiger charge is -2.27. The maximum atomic E-state index is 12.1. The normalized spacial score (nSPS) is 21.6. The number of carbonyl (C=O) groups is 3. The molecular formula is C12H20N2O6. The lowest BCUT2D eigenvalue weighted by molar-refractivity contribution is -0.144. The summed E-state index contributed by atoms with van der Waals surface area (Å²) in [5, 5.41) is 18.5. The number of amides is 2. The van der Waals surface area contributed by atoms with Crippen LogP contribution in [0.1, 0.15) is 19.8 Å². The van der Waals surface area contributed by atoms with Gasteiger partial charge in [0.25, 0.3) is 0 Å². The lowest BCUT2D eigenvalue weighted by Crippen LogP contribution is -2.47. The minimum Gasteiger partial charge on any atom is -0.480 e. The summed E-state index contributed by atoms with van der Waals surface area (Å²) in [4.78, 5) is 36.7. The van der Waals surface area contributed by atoms with Crippen molar-refractivity contribution in [2.45, 2.75) is 31.9 Å². The number of aliphatic hydroxyl groups is 1. The molecule has 0 aromatic rings. The van der Waals surface area contributed by atoms with Crippen LogP contribution in [-0.4, -0.2) is 76.9 Å². The maximum Gasteiger partial charge on any atom is 0.326 e. The van der Waals surface area contributed by atoms with Gasteiger partial charge in [0.15, 0.2) is 0 Å². The summed E-state index contributed by atoms with van der Waals surface area (Å²) in [6, 6.07) is -1.54. The molecule has 1 heterocycles. The summed E-state index contributed by atoms with van der Waals surface area (Å²) < 4.78 is 4.75. The Morgan fingerprint density at radius 1 is 1.40 bits per heavy atom. The predicted molar refractivity (Wildman–Crippen MR) is 68.0 cm³/mol. The molecule has 8 nitrogen and oxygen atoms in total. The summed E-state index contributed by atoms with van der Waals surface area (Å²) in [5.74, 6) is -1.56. The number of carboxylic acids is 1. The monoisotopic (exact) mass is 288 g/mol. The van der Waals surface area contributed by atoms with E-state index in [0.29, 0.717) is 0 Å². The van der Waals surface area contributed by atoms with Gasteiger partial charge < -0.3 is 24.7 Å². The lowest BCUT2D eigenvalue weighted by atomic mass is 10.2. The molecule has 8 heteroatoms. The van der Waals surface area contributed by atoms with Crippen LogP contribution < -0.4 is 0 Å². The van der Waals surface area contributed by atoms with E-state index in [1.807, 2.05) is 0 Å². The van der Waals surface area contributed by atoms with E-state index in [0.717, 1.165) is 4.90 Å². The Morgan fingerprint density at radius 2 is 2.05 bits per heavy atom. The first kappa shape index (κ1) is 16.2. The van der Waals surface area contributed by atoms with Gasteiger partial charge in [0.1, 0.15) is 6.04 Å². The van der Waals surface area contributed by atoms with Crippen molar-refractivity contribution >= 4 is 18.0 Å². The van der Waals surface area contributed by atoms with Gasteiger partial charge >= 0.3 is 18.0 Å². The zero-order chi connectivity index (χ0) is 15.3. The Morgan fingerprint density at radius 3 is 2.60 bits per heavy atom. The molecule has 2 amide bonds. The van der Waals surface area contributed by atoms with E-state index in [1.54, 1.807) is 6.92 Å². The van der Waals surface area contributed by atoms with Crippen molar-refractivity contribution in [1.29, 1.82) is 0 Å². The number of hydrogen-bond donors (Lipinski definition) is 2. The smallest absolute Gasteiger partial charge is 0.326 e. The van der Waals surface area contributed by atoms with Gasteiger partial charge in [-0.15, -0.1) is 0 Å². The van der Waals surface area contributed by atoms with Crippen molar-refractivity contribution in [3.05, 3.63) is 0 Å². The van der Waals surface area contributed by atoms with Crippen LogP contribution >= 0.6 is 0 Å². The third-order valence-corrected chi connectivity index (χ3v) is 3.09. The third kappa shape index (κ3) is 4.09. The Kier molecular flexibility index (Phi) is 5.75. The number of likely N-dealkylation sites (tertiary alicyclic amines) is 1. The highest BCUT2D eigenvalue weighted by atomic mass is 16.5. The molecule has 1 fully saturated rings. The molecule has 1 saturated heterocycles. The van der Waals surface area contributed by atoms with E-state index in [1.165, 1.54) is 11.9 Å². The van der Waals surface area contributed by atoms with Crippen molar-refractivity contribution in [2.75, 3.05) is 26.7 Å². The highest BCUT2D eigenvalue weighted by Crippen LogP contribution is 2.19. The average molecular weight is 288 g/mol. The van der Waals surface area contributed by atoms with Crippen LogP contribution in [0, 0.1) is 0 Å². The second-order valence-electron chi connectivity index (χ2n) is 4.66. The van der Waals surface area contributed by atoms with E-state index >= 15 is 0 Å². The SMILES string of the molecule is CCOC(=O)CCN(C)C(=O)N1C[C@@H](O)C[C@H]1C(=O)O. The number of aliphatic carboxylic acids is 1. The average Bonchev–Trinajstić information content (AvgIpc) is 2.77. The van der Waals surface area contributed by atoms with Crippen molar-refractivity contribution in [2.24, 2.45) is 0 Å². The Hall–Kier alpha value is -1.83.